The maximum Gasteiger partial charge on any atom is 0.331 e. The Morgan fingerprint density at radius 2 is 1.85 bits per heavy atom. The molecule has 0 aliphatic heterocycles. The molecule has 2 aromatic rings. The fraction of sp³-hybridized carbons (Fsp3) is 0.238. The second-order valence-electron chi connectivity index (χ2n) is 6.29. The molecule has 4 nitrogen and oxygen atoms in total. The molecule has 0 aliphatic carbocycles. The highest BCUT2D eigenvalue weighted by Crippen LogP contribution is 2.23. The van der Waals surface area contributed by atoms with Crippen LogP contribution >= 0.6 is 15.9 Å². The zero-order chi connectivity index (χ0) is 19.1. The minimum Gasteiger partial charge on any atom is -0.452 e. The van der Waals surface area contributed by atoms with Crippen LogP contribution in [0.5, 0.6) is 0 Å². The summed E-state index contributed by atoms with van der Waals surface area (Å²) in [7, 11) is 0. The van der Waals surface area contributed by atoms with Gasteiger partial charge in [-0.2, -0.15) is 0 Å². The van der Waals surface area contributed by atoms with Gasteiger partial charge < -0.3 is 10.1 Å². The van der Waals surface area contributed by atoms with E-state index in [4.69, 9.17) is 4.74 Å². The minimum absolute atomic E-state index is 0.338. The van der Waals surface area contributed by atoms with Crippen LogP contribution in [0, 0.1) is 6.92 Å². The molecule has 26 heavy (non-hydrogen) atoms. The fourth-order valence-electron chi connectivity index (χ4n) is 2.25. The lowest BCUT2D eigenvalue weighted by Gasteiger charge is -2.08. The van der Waals surface area contributed by atoms with Crippen molar-refractivity contribution < 1.29 is 14.3 Å². The number of carbonyl (C=O) groups excluding carboxylic acids is 2. The predicted octanol–water partition coefficient (Wildman–Crippen LogP) is 5.08. The van der Waals surface area contributed by atoms with Gasteiger partial charge in [-0.05, 0) is 63.7 Å². The van der Waals surface area contributed by atoms with Crippen LogP contribution in [0.1, 0.15) is 36.5 Å². The summed E-state index contributed by atoms with van der Waals surface area (Å²) >= 11 is 3.39. The molecular formula is C21H22BrNO3. The van der Waals surface area contributed by atoms with E-state index in [0.29, 0.717) is 11.6 Å². The fourth-order valence-corrected chi connectivity index (χ4v) is 2.84. The molecule has 0 bridgehead atoms. The van der Waals surface area contributed by atoms with Crippen LogP contribution < -0.4 is 5.32 Å². The zero-order valence-corrected chi connectivity index (χ0v) is 16.7. The van der Waals surface area contributed by atoms with E-state index in [1.807, 2.05) is 43.3 Å². The van der Waals surface area contributed by atoms with Gasteiger partial charge in [0.25, 0.3) is 5.91 Å². The molecule has 0 saturated heterocycles. The van der Waals surface area contributed by atoms with Crippen LogP contribution in [0.25, 0.3) is 6.08 Å². The standard InChI is InChI=1S/C21H22BrNO3/c1-14(2)17-8-5-16(6-9-17)7-11-21(25)26-13-20(24)23-19-10-4-15(3)12-18(19)22/h4-12,14H,13H2,1-3H3,(H,23,24)/b11-7+. The van der Waals surface area contributed by atoms with Crippen molar-refractivity contribution in [1.82, 2.24) is 0 Å². The van der Waals surface area contributed by atoms with Crippen LogP contribution in [0.3, 0.4) is 0 Å². The third-order valence-corrected chi connectivity index (χ3v) is 4.42. The number of carbonyl (C=O) groups is 2. The summed E-state index contributed by atoms with van der Waals surface area (Å²) in [5.41, 5.74) is 3.85. The Labute approximate surface area is 162 Å². The highest BCUT2D eigenvalue weighted by molar-refractivity contribution is 9.10. The first-order valence-corrected chi connectivity index (χ1v) is 9.15. The normalized spacial score (nSPS) is 11.0. The third kappa shape index (κ3) is 6.15. The topological polar surface area (TPSA) is 55.4 Å². The number of hydrogen-bond acceptors (Lipinski definition) is 3. The van der Waals surface area contributed by atoms with Gasteiger partial charge >= 0.3 is 5.97 Å². The molecule has 5 heteroatoms. The summed E-state index contributed by atoms with van der Waals surface area (Å²) < 4.78 is 5.75. The number of esters is 1. The molecule has 0 aromatic heterocycles. The minimum atomic E-state index is -0.559. The van der Waals surface area contributed by atoms with Crippen molar-refractivity contribution in [3.05, 3.63) is 69.7 Å². The number of amides is 1. The van der Waals surface area contributed by atoms with Crippen molar-refractivity contribution in [3.8, 4) is 0 Å². The lowest BCUT2D eigenvalue weighted by atomic mass is 10.0. The van der Waals surface area contributed by atoms with E-state index in [9.17, 15) is 9.59 Å². The van der Waals surface area contributed by atoms with Crippen LogP contribution in [-0.4, -0.2) is 18.5 Å². The molecule has 0 atom stereocenters. The second-order valence-corrected chi connectivity index (χ2v) is 7.15. The summed E-state index contributed by atoms with van der Waals surface area (Å²) in [5, 5.41) is 2.70. The molecule has 2 aromatic carbocycles. The average Bonchev–Trinajstić information content (AvgIpc) is 2.61. The van der Waals surface area contributed by atoms with Gasteiger partial charge in [-0.1, -0.05) is 44.2 Å². The van der Waals surface area contributed by atoms with Gasteiger partial charge in [-0.15, -0.1) is 0 Å². The van der Waals surface area contributed by atoms with Crippen LogP contribution in [-0.2, 0) is 14.3 Å². The number of nitrogens with one attached hydrogen (secondary N) is 1. The average molecular weight is 416 g/mol. The number of ether oxygens (including phenoxy) is 1. The van der Waals surface area contributed by atoms with Gasteiger partial charge in [0.15, 0.2) is 6.61 Å². The van der Waals surface area contributed by atoms with Gasteiger partial charge in [-0.25, -0.2) is 4.79 Å². The van der Waals surface area contributed by atoms with Crippen molar-refractivity contribution >= 4 is 39.6 Å². The van der Waals surface area contributed by atoms with Crippen LogP contribution in [0.4, 0.5) is 5.69 Å². The maximum atomic E-state index is 11.9. The smallest absolute Gasteiger partial charge is 0.331 e. The summed E-state index contributed by atoms with van der Waals surface area (Å²) in [6, 6.07) is 13.5. The van der Waals surface area contributed by atoms with Gasteiger partial charge in [0.1, 0.15) is 0 Å². The quantitative estimate of drug-likeness (QED) is 0.528. The van der Waals surface area contributed by atoms with Gasteiger partial charge in [0.05, 0.1) is 5.69 Å². The SMILES string of the molecule is Cc1ccc(NC(=O)COC(=O)/C=C/c2ccc(C(C)C)cc2)c(Br)c1. The van der Waals surface area contributed by atoms with Crippen molar-refractivity contribution in [2.24, 2.45) is 0 Å². The molecule has 0 saturated carbocycles. The number of halogens is 1. The molecule has 136 valence electrons. The first-order valence-electron chi connectivity index (χ1n) is 8.36. The van der Waals surface area contributed by atoms with E-state index in [0.717, 1.165) is 15.6 Å². The molecule has 0 heterocycles. The van der Waals surface area contributed by atoms with Gasteiger partial charge in [-0.3, -0.25) is 4.79 Å². The van der Waals surface area contributed by atoms with E-state index in [1.165, 1.54) is 11.6 Å². The number of anilines is 1. The predicted molar refractivity (Wildman–Crippen MR) is 108 cm³/mol. The van der Waals surface area contributed by atoms with Crippen molar-refractivity contribution in [3.63, 3.8) is 0 Å². The van der Waals surface area contributed by atoms with Crippen molar-refractivity contribution in [1.29, 1.82) is 0 Å². The highest BCUT2D eigenvalue weighted by atomic mass is 79.9. The third-order valence-electron chi connectivity index (χ3n) is 3.76. The lowest BCUT2D eigenvalue weighted by Crippen LogP contribution is -2.20. The van der Waals surface area contributed by atoms with Gasteiger partial charge in [0, 0.05) is 10.5 Å². The van der Waals surface area contributed by atoms with E-state index < -0.39 is 11.9 Å². The molecule has 2 rings (SSSR count). The summed E-state index contributed by atoms with van der Waals surface area (Å²) in [5.74, 6) is -0.487. The summed E-state index contributed by atoms with van der Waals surface area (Å²) in [6.07, 6.45) is 2.99. The van der Waals surface area contributed by atoms with Crippen LogP contribution in [0.15, 0.2) is 53.0 Å². The Morgan fingerprint density at radius 3 is 2.46 bits per heavy atom. The van der Waals surface area contributed by atoms with Crippen molar-refractivity contribution in [2.45, 2.75) is 26.7 Å². The van der Waals surface area contributed by atoms with E-state index in [1.54, 1.807) is 12.1 Å². The number of rotatable bonds is 6. The molecule has 1 N–H and O–H groups in total. The maximum absolute atomic E-state index is 11.9. The summed E-state index contributed by atoms with van der Waals surface area (Å²) in [6.45, 7) is 5.88. The molecule has 1 amide bonds. The second kappa shape index (κ2) is 9.34. The molecule has 0 aliphatic rings. The summed E-state index contributed by atoms with van der Waals surface area (Å²) in [4.78, 5) is 23.7. The Morgan fingerprint density at radius 1 is 1.15 bits per heavy atom. The number of hydrogen-bond donors (Lipinski definition) is 1. The Balaban J connectivity index is 1.83. The first-order chi connectivity index (χ1) is 12.3. The largest absolute Gasteiger partial charge is 0.452 e. The lowest BCUT2D eigenvalue weighted by molar-refractivity contribution is -0.142. The van der Waals surface area contributed by atoms with E-state index in [2.05, 4.69) is 35.1 Å². The molecule has 0 fully saturated rings. The van der Waals surface area contributed by atoms with Gasteiger partial charge in [0.2, 0.25) is 0 Å². The first kappa shape index (κ1) is 19.9. The Bertz CT molecular complexity index is 811. The van der Waals surface area contributed by atoms with Crippen molar-refractivity contribution in [2.75, 3.05) is 11.9 Å². The Kier molecular flexibility index (Phi) is 7.16. The van der Waals surface area contributed by atoms with E-state index >= 15 is 0 Å². The molecular weight excluding hydrogens is 394 g/mol. The monoisotopic (exact) mass is 415 g/mol. The van der Waals surface area contributed by atoms with E-state index in [-0.39, 0.29) is 6.61 Å². The zero-order valence-electron chi connectivity index (χ0n) is 15.1. The molecule has 0 radical (unpaired) electrons. The molecule has 0 spiro atoms. The number of aryl methyl sites for hydroxylation is 1. The van der Waals surface area contributed by atoms with Crippen LogP contribution in [0.2, 0.25) is 0 Å². The molecule has 0 unspecified atom stereocenters. The Hall–Kier alpha value is -2.40. The number of benzene rings is 2. The highest BCUT2D eigenvalue weighted by Gasteiger charge is 2.08.